The first-order chi connectivity index (χ1) is 10.2. The fraction of sp³-hybridized carbons (Fsp3) is 0.235. The van der Waals surface area contributed by atoms with Crippen LogP contribution in [0.3, 0.4) is 0 Å². The van der Waals surface area contributed by atoms with E-state index in [2.05, 4.69) is 27.3 Å². The van der Waals surface area contributed by atoms with Gasteiger partial charge in [-0.05, 0) is 55.2 Å². The lowest BCUT2D eigenvalue weighted by Gasteiger charge is -2.07. The van der Waals surface area contributed by atoms with Crippen LogP contribution in [-0.2, 0) is 17.6 Å². The van der Waals surface area contributed by atoms with E-state index >= 15 is 0 Å². The number of nitrogens with one attached hydrogen (secondary N) is 1. The van der Waals surface area contributed by atoms with Crippen LogP contribution in [0.15, 0.2) is 33.2 Å². The molecule has 0 bridgehead atoms. The zero-order valence-electron chi connectivity index (χ0n) is 11.4. The molecule has 1 N–H and O–H groups in total. The highest BCUT2D eigenvalue weighted by atomic mass is 79.9. The summed E-state index contributed by atoms with van der Waals surface area (Å²) in [6.07, 6.45) is 6.35. The van der Waals surface area contributed by atoms with E-state index in [1.54, 1.807) is 0 Å². The Morgan fingerprint density at radius 3 is 2.90 bits per heavy atom. The Balaban J connectivity index is 1.78. The number of fused-ring (bicyclic) bond motifs is 2. The fourth-order valence-corrected chi connectivity index (χ4v) is 3.39. The highest BCUT2D eigenvalue weighted by Gasteiger charge is 2.25. The van der Waals surface area contributed by atoms with E-state index in [9.17, 15) is 4.79 Å². The van der Waals surface area contributed by atoms with Gasteiger partial charge in [-0.25, -0.2) is 0 Å². The minimum Gasteiger partial charge on any atom is -0.461 e. The summed E-state index contributed by atoms with van der Waals surface area (Å²) in [6, 6.07) is 7.87. The predicted octanol–water partition coefficient (Wildman–Crippen LogP) is 4.41. The fourth-order valence-electron chi connectivity index (χ4n) is 3.03. The highest BCUT2D eigenvalue weighted by Crippen LogP contribution is 2.36. The number of benzene rings is 1. The van der Waals surface area contributed by atoms with Crippen LogP contribution in [0.25, 0.3) is 11.6 Å². The first-order valence-electron chi connectivity index (χ1n) is 7.15. The third-order valence-corrected chi connectivity index (χ3v) is 4.56. The average molecular weight is 344 g/mol. The van der Waals surface area contributed by atoms with E-state index in [1.165, 1.54) is 18.4 Å². The molecule has 0 saturated carbocycles. The predicted molar refractivity (Wildman–Crippen MR) is 86.0 cm³/mol. The largest absolute Gasteiger partial charge is 0.461 e. The maximum atomic E-state index is 12.2. The van der Waals surface area contributed by atoms with Crippen molar-refractivity contribution < 1.29 is 9.21 Å². The molecule has 21 heavy (non-hydrogen) atoms. The summed E-state index contributed by atoms with van der Waals surface area (Å²) in [6.45, 7) is 0. The summed E-state index contributed by atoms with van der Waals surface area (Å²) in [5, 5.41) is 2.89. The Hall–Kier alpha value is -1.81. The van der Waals surface area contributed by atoms with Gasteiger partial charge in [-0.15, -0.1) is 0 Å². The first-order valence-corrected chi connectivity index (χ1v) is 7.94. The molecule has 1 aliphatic carbocycles. The molecule has 0 spiro atoms. The third-order valence-electron chi connectivity index (χ3n) is 4.07. The monoisotopic (exact) mass is 343 g/mol. The van der Waals surface area contributed by atoms with E-state index in [0.29, 0.717) is 5.57 Å². The van der Waals surface area contributed by atoms with Crippen LogP contribution in [0.4, 0.5) is 5.69 Å². The molecular weight excluding hydrogens is 330 g/mol. The van der Waals surface area contributed by atoms with Gasteiger partial charge in [0.1, 0.15) is 11.5 Å². The molecule has 1 aromatic heterocycles. The topological polar surface area (TPSA) is 42.2 Å². The Morgan fingerprint density at radius 2 is 2.05 bits per heavy atom. The number of anilines is 1. The summed E-state index contributed by atoms with van der Waals surface area (Å²) in [4.78, 5) is 12.2. The van der Waals surface area contributed by atoms with Gasteiger partial charge in [0, 0.05) is 22.1 Å². The molecule has 3 nitrogen and oxygen atoms in total. The normalized spacial score (nSPS) is 18.5. The number of hydrogen-bond acceptors (Lipinski definition) is 2. The first kappa shape index (κ1) is 12.9. The molecule has 1 amide bonds. The molecule has 0 radical (unpaired) electrons. The summed E-state index contributed by atoms with van der Waals surface area (Å²) in [5.74, 6) is 1.79. The smallest absolute Gasteiger partial charge is 0.256 e. The van der Waals surface area contributed by atoms with Gasteiger partial charge in [0.05, 0.1) is 5.57 Å². The third kappa shape index (κ3) is 2.23. The lowest BCUT2D eigenvalue weighted by molar-refractivity contribution is -0.110. The van der Waals surface area contributed by atoms with Gasteiger partial charge in [-0.2, -0.15) is 0 Å². The summed E-state index contributed by atoms with van der Waals surface area (Å²) >= 11 is 3.45. The van der Waals surface area contributed by atoms with Crippen molar-refractivity contribution in [3.8, 4) is 0 Å². The number of aryl methyl sites for hydroxylation is 2. The Bertz CT molecular complexity index is 750. The van der Waals surface area contributed by atoms with Crippen molar-refractivity contribution in [3.05, 3.63) is 51.4 Å². The highest BCUT2D eigenvalue weighted by molar-refractivity contribution is 9.10. The standard InChI is InChI=1S/C17H14BrNO2/c18-11-5-6-15-13(8-11)14(17(20)19-15)9-12-7-10-3-1-2-4-16(10)21-12/h5-9H,1-4H2,(H,19,20). The molecule has 1 aromatic carbocycles. The molecule has 0 fully saturated rings. The number of amides is 1. The zero-order chi connectivity index (χ0) is 14.4. The quantitative estimate of drug-likeness (QED) is 0.779. The lowest BCUT2D eigenvalue weighted by atomic mass is 9.98. The SMILES string of the molecule is O=C1Nc2ccc(Br)cc2C1=Cc1cc2c(o1)CCCC2. The minimum atomic E-state index is -0.0718. The van der Waals surface area contributed by atoms with Crippen molar-refractivity contribution in [2.24, 2.45) is 0 Å². The van der Waals surface area contributed by atoms with Crippen LogP contribution in [0.2, 0.25) is 0 Å². The number of furan rings is 1. The van der Waals surface area contributed by atoms with Gasteiger partial charge in [0.25, 0.3) is 5.91 Å². The average Bonchev–Trinajstić information content (AvgIpc) is 3.01. The maximum absolute atomic E-state index is 12.2. The van der Waals surface area contributed by atoms with Crippen LogP contribution in [-0.4, -0.2) is 5.91 Å². The number of carbonyl (C=O) groups is 1. The van der Waals surface area contributed by atoms with E-state index in [0.717, 1.165) is 40.1 Å². The lowest BCUT2D eigenvalue weighted by Crippen LogP contribution is -2.03. The molecule has 2 aromatic rings. The molecule has 2 aliphatic rings. The molecule has 0 saturated heterocycles. The zero-order valence-corrected chi connectivity index (χ0v) is 13.0. The Labute approximate surface area is 131 Å². The van der Waals surface area contributed by atoms with Gasteiger partial charge >= 0.3 is 0 Å². The second-order valence-electron chi connectivity index (χ2n) is 5.51. The summed E-state index contributed by atoms with van der Waals surface area (Å²) < 4.78 is 6.85. The second kappa shape index (κ2) is 4.88. The van der Waals surface area contributed by atoms with E-state index in [-0.39, 0.29) is 5.91 Å². The second-order valence-corrected chi connectivity index (χ2v) is 6.42. The van der Waals surface area contributed by atoms with Crippen molar-refractivity contribution >= 4 is 39.2 Å². The van der Waals surface area contributed by atoms with Crippen LogP contribution < -0.4 is 5.32 Å². The van der Waals surface area contributed by atoms with Crippen molar-refractivity contribution in [2.45, 2.75) is 25.7 Å². The molecule has 1 aliphatic heterocycles. The molecule has 4 heteroatoms. The van der Waals surface area contributed by atoms with E-state index in [4.69, 9.17) is 4.42 Å². The van der Waals surface area contributed by atoms with E-state index in [1.807, 2.05) is 24.3 Å². The number of halogens is 1. The van der Waals surface area contributed by atoms with Crippen LogP contribution in [0, 0.1) is 0 Å². The number of rotatable bonds is 1. The molecule has 4 rings (SSSR count). The van der Waals surface area contributed by atoms with E-state index < -0.39 is 0 Å². The minimum absolute atomic E-state index is 0.0718. The molecule has 0 unspecified atom stereocenters. The summed E-state index contributed by atoms with van der Waals surface area (Å²) in [7, 11) is 0. The molecule has 0 atom stereocenters. The summed E-state index contributed by atoms with van der Waals surface area (Å²) in [5.41, 5.74) is 3.73. The maximum Gasteiger partial charge on any atom is 0.256 e. The van der Waals surface area contributed by atoms with Crippen molar-refractivity contribution in [1.82, 2.24) is 0 Å². The van der Waals surface area contributed by atoms with Gasteiger partial charge in [0.15, 0.2) is 0 Å². The molecular formula is C17H14BrNO2. The van der Waals surface area contributed by atoms with Crippen LogP contribution in [0.1, 0.15) is 35.5 Å². The number of carbonyl (C=O) groups excluding carboxylic acids is 1. The number of hydrogen-bond donors (Lipinski definition) is 1. The van der Waals surface area contributed by atoms with Crippen molar-refractivity contribution in [2.75, 3.05) is 5.32 Å². The van der Waals surface area contributed by atoms with Gasteiger partial charge in [0.2, 0.25) is 0 Å². The Morgan fingerprint density at radius 1 is 1.19 bits per heavy atom. The van der Waals surface area contributed by atoms with Crippen molar-refractivity contribution in [3.63, 3.8) is 0 Å². The molecule has 2 heterocycles. The molecule has 106 valence electrons. The van der Waals surface area contributed by atoms with Gasteiger partial charge in [-0.1, -0.05) is 15.9 Å². The van der Waals surface area contributed by atoms with Gasteiger partial charge in [-0.3, -0.25) is 4.79 Å². The van der Waals surface area contributed by atoms with Gasteiger partial charge < -0.3 is 9.73 Å². The Kier molecular flexibility index (Phi) is 3.00. The van der Waals surface area contributed by atoms with Crippen LogP contribution >= 0.6 is 15.9 Å². The van der Waals surface area contributed by atoms with Crippen molar-refractivity contribution in [1.29, 1.82) is 0 Å². The van der Waals surface area contributed by atoms with Crippen LogP contribution in [0.5, 0.6) is 0 Å².